The third-order valence-corrected chi connectivity index (χ3v) is 6.88. The summed E-state index contributed by atoms with van der Waals surface area (Å²) in [6, 6.07) is 24.9. The summed E-state index contributed by atoms with van der Waals surface area (Å²) in [7, 11) is -3.64. The molecule has 0 spiro atoms. The number of hydrogen-bond donors (Lipinski definition) is 1. The van der Waals surface area contributed by atoms with E-state index in [1.807, 2.05) is 60.7 Å². The average Bonchev–Trinajstić information content (AvgIpc) is 3.27. The highest BCUT2D eigenvalue weighted by Crippen LogP contribution is 2.27. The van der Waals surface area contributed by atoms with Gasteiger partial charge in [0.25, 0.3) is 0 Å². The Morgan fingerprint density at radius 2 is 1.38 bits per heavy atom. The Kier molecular flexibility index (Phi) is 6.09. The molecule has 0 aromatic heterocycles. The molecule has 1 fully saturated rings. The van der Waals surface area contributed by atoms with Gasteiger partial charge in [0.05, 0.1) is 4.90 Å². The van der Waals surface area contributed by atoms with E-state index in [4.69, 9.17) is 0 Å². The molecule has 1 aliphatic rings. The second-order valence-corrected chi connectivity index (χ2v) is 9.17. The highest BCUT2D eigenvalue weighted by atomic mass is 32.2. The second kappa shape index (κ2) is 8.91. The summed E-state index contributed by atoms with van der Waals surface area (Å²) in [5.41, 5.74) is 3.82. The molecule has 3 aromatic carbocycles. The lowest BCUT2D eigenvalue weighted by molar-refractivity contribution is 0.330. The predicted molar refractivity (Wildman–Crippen MR) is 117 cm³/mol. The molecule has 1 saturated heterocycles. The van der Waals surface area contributed by atoms with Gasteiger partial charge in [-0.15, -0.1) is 0 Å². The minimum atomic E-state index is -3.64. The fourth-order valence-electron chi connectivity index (χ4n) is 3.87. The van der Waals surface area contributed by atoms with Gasteiger partial charge in [-0.1, -0.05) is 72.8 Å². The van der Waals surface area contributed by atoms with Crippen molar-refractivity contribution < 1.29 is 8.42 Å². The van der Waals surface area contributed by atoms with E-state index in [1.54, 1.807) is 12.1 Å². The van der Waals surface area contributed by atoms with Crippen molar-refractivity contribution in [1.82, 2.24) is 9.62 Å². The third-order valence-electron chi connectivity index (χ3n) is 5.43. The van der Waals surface area contributed by atoms with E-state index in [9.17, 15) is 8.42 Å². The molecule has 4 nitrogen and oxygen atoms in total. The van der Waals surface area contributed by atoms with E-state index in [1.165, 1.54) is 18.4 Å². The molecule has 0 aliphatic carbocycles. The van der Waals surface area contributed by atoms with Crippen molar-refractivity contribution in [3.8, 4) is 11.1 Å². The topological polar surface area (TPSA) is 49.4 Å². The van der Waals surface area contributed by atoms with Crippen LogP contribution in [0.5, 0.6) is 0 Å². The normalized spacial score (nSPS) is 14.9. The maximum Gasteiger partial charge on any atom is 0.241 e. The minimum Gasteiger partial charge on any atom is -0.299 e. The zero-order valence-electron chi connectivity index (χ0n) is 16.4. The van der Waals surface area contributed by atoms with Crippen molar-refractivity contribution >= 4 is 10.0 Å². The fraction of sp³-hybridized carbons (Fsp3) is 0.250. The molecule has 3 aromatic rings. The van der Waals surface area contributed by atoms with Crippen LogP contribution in [0.2, 0.25) is 0 Å². The van der Waals surface area contributed by atoms with E-state index >= 15 is 0 Å². The average molecular weight is 407 g/mol. The van der Waals surface area contributed by atoms with Gasteiger partial charge in [-0.2, -0.15) is 0 Å². The Labute approximate surface area is 173 Å². The summed E-state index contributed by atoms with van der Waals surface area (Å²) in [4.78, 5) is 2.74. The highest BCUT2D eigenvalue weighted by Gasteiger charge is 2.20. The first-order valence-corrected chi connectivity index (χ1v) is 11.5. The smallest absolute Gasteiger partial charge is 0.241 e. The standard InChI is InChI=1S/C24H26N2O2S/c27-29(28,24-15-7-6-14-23(24)20-10-2-1-3-11-20)25-18-21-12-4-5-13-22(21)19-26-16-8-9-17-26/h1-7,10-15,25H,8-9,16-19H2. The number of rotatable bonds is 7. The fourth-order valence-corrected chi connectivity index (χ4v) is 5.11. The van der Waals surface area contributed by atoms with E-state index in [0.717, 1.165) is 30.8 Å². The molecule has 1 N–H and O–H groups in total. The maximum atomic E-state index is 13.1. The molecule has 0 bridgehead atoms. The first-order valence-electron chi connectivity index (χ1n) is 10.1. The van der Waals surface area contributed by atoms with Gasteiger partial charge >= 0.3 is 0 Å². The van der Waals surface area contributed by atoms with Crippen molar-refractivity contribution in [3.05, 3.63) is 90.0 Å². The molecule has 0 atom stereocenters. The van der Waals surface area contributed by atoms with Crippen molar-refractivity contribution in [1.29, 1.82) is 0 Å². The molecule has 150 valence electrons. The van der Waals surface area contributed by atoms with Crippen LogP contribution in [0.4, 0.5) is 0 Å². The van der Waals surface area contributed by atoms with Crippen molar-refractivity contribution in [2.75, 3.05) is 13.1 Å². The van der Waals surface area contributed by atoms with Gasteiger partial charge in [0, 0.05) is 18.7 Å². The SMILES string of the molecule is O=S(=O)(NCc1ccccc1CN1CCCC1)c1ccccc1-c1ccccc1. The van der Waals surface area contributed by atoms with Gasteiger partial charge in [0.2, 0.25) is 10.0 Å². The summed E-state index contributed by atoms with van der Waals surface area (Å²) in [6.45, 7) is 3.39. The molecule has 1 heterocycles. The van der Waals surface area contributed by atoms with Gasteiger partial charge in [-0.05, 0) is 48.7 Å². The van der Waals surface area contributed by atoms with Crippen LogP contribution in [0, 0.1) is 0 Å². The third kappa shape index (κ3) is 4.75. The van der Waals surface area contributed by atoms with Crippen molar-refractivity contribution in [3.63, 3.8) is 0 Å². The predicted octanol–water partition coefficient (Wildman–Crippen LogP) is 4.43. The molecular weight excluding hydrogens is 380 g/mol. The summed E-state index contributed by atoms with van der Waals surface area (Å²) in [6.07, 6.45) is 2.48. The van der Waals surface area contributed by atoms with Crippen LogP contribution in [-0.4, -0.2) is 26.4 Å². The monoisotopic (exact) mass is 406 g/mol. The molecule has 0 unspecified atom stereocenters. The molecule has 0 saturated carbocycles. The van der Waals surface area contributed by atoms with E-state index < -0.39 is 10.0 Å². The summed E-state index contributed by atoms with van der Waals surface area (Å²) >= 11 is 0. The Bertz CT molecular complexity index is 1060. The molecule has 5 heteroatoms. The van der Waals surface area contributed by atoms with Crippen molar-refractivity contribution in [2.45, 2.75) is 30.8 Å². The van der Waals surface area contributed by atoms with Crippen LogP contribution in [0.15, 0.2) is 83.8 Å². The number of likely N-dealkylation sites (tertiary alicyclic amines) is 1. The summed E-state index contributed by atoms with van der Waals surface area (Å²) in [5.74, 6) is 0. The largest absolute Gasteiger partial charge is 0.299 e. The van der Waals surface area contributed by atoms with Gasteiger partial charge in [-0.25, -0.2) is 13.1 Å². The Morgan fingerprint density at radius 1 is 0.759 bits per heavy atom. The van der Waals surface area contributed by atoms with E-state index in [0.29, 0.717) is 10.5 Å². The molecule has 0 amide bonds. The van der Waals surface area contributed by atoms with Crippen LogP contribution >= 0.6 is 0 Å². The molecular formula is C24H26N2O2S. The first-order chi connectivity index (χ1) is 14.1. The first kappa shape index (κ1) is 19.8. The Morgan fingerprint density at radius 3 is 2.14 bits per heavy atom. The van der Waals surface area contributed by atoms with Crippen LogP contribution in [0.25, 0.3) is 11.1 Å². The molecule has 0 radical (unpaired) electrons. The number of benzene rings is 3. The second-order valence-electron chi connectivity index (χ2n) is 7.44. The molecule has 4 rings (SSSR count). The zero-order chi connectivity index (χ0) is 20.1. The number of sulfonamides is 1. The van der Waals surface area contributed by atoms with Gasteiger partial charge in [0.15, 0.2) is 0 Å². The van der Waals surface area contributed by atoms with E-state index in [-0.39, 0.29) is 6.54 Å². The lowest BCUT2D eigenvalue weighted by Gasteiger charge is -2.18. The lowest BCUT2D eigenvalue weighted by Crippen LogP contribution is -2.25. The molecule has 29 heavy (non-hydrogen) atoms. The number of hydrogen-bond acceptors (Lipinski definition) is 3. The lowest BCUT2D eigenvalue weighted by atomic mass is 10.1. The van der Waals surface area contributed by atoms with Crippen LogP contribution < -0.4 is 4.72 Å². The highest BCUT2D eigenvalue weighted by molar-refractivity contribution is 7.89. The Hall–Kier alpha value is -2.47. The Balaban J connectivity index is 1.55. The quantitative estimate of drug-likeness (QED) is 0.632. The zero-order valence-corrected chi connectivity index (χ0v) is 17.2. The summed E-state index contributed by atoms with van der Waals surface area (Å²) in [5, 5.41) is 0. The summed E-state index contributed by atoms with van der Waals surface area (Å²) < 4.78 is 29.1. The number of nitrogens with zero attached hydrogens (tertiary/aromatic N) is 1. The maximum absolute atomic E-state index is 13.1. The van der Waals surface area contributed by atoms with Gasteiger partial charge in [-0.3, -0.25) is 4.90 Å². The van der Waals surface area contributed by atoms with Crippen LogP contribution in [0.1, 0.15) is 24.0 Å². The molecule has 1 aliphatic heterocycles. The van der Waals surface area contributed by atoms with Gasteiger partial charge < -0.3 is 0 Å². The van der Waals surface area contributed by atoms with Crippen LogP contribution in [0.3, 0.4) is 0 Å². The van der Waals surface area contributed by atoms with Gasteiger partial charge in [0.1, 0.15) is 0 Å². The number of nitrogens with one attached hydrogen (secondary N) is 1. The minimum absolute atomic E-state index is 0.287. The van der Waals surface area contributed by atoms with Crippen LogP contribution in [-0.2, 0) is 23.1 Å². The van der Waals surface area contributed by atoms with Crippen molar-refractivity contribution in [2.24, 2.45) is 0 Å². The van der Waals surface area contributed by atoms with E-state index in [2.05, 4.69) is 15.7 Å².